The van der Waals surface area contributed by atoms with Crippen LogP contribution < -0.4 is 10.9 Å². The first-order chi connectivity index (χ1) is 10.0. The maximum absolute atomic E-state index is 13.2. The van der Waals surface area contributed by atoms with E-state index in [4.69, 9.17) is 0 Å². The van der Waals surface area contributed by atoms with Gasteiger partial charge in [0.25, 0.3) is 5.56 Å². The summed E-state index contributed by atoms with van der Waals surface area (Å²) in [4.78, 5) is 16.2. The zero-order valence-electron chi connectivity index (χ0n) is 11.7. The molecule has 0 spiro atoms. The summed E-state index contributed by atoms with van der Waals surface area (Å²) >= 11 is 0. The second kappa shape index (κ2) is 5.05. The number of fused-ring (bicyclic) bond motifs is 1. The molecule has 21 heavy (non-hydrogen) atoms. The van der Waals surface area contributed by atoms with Gasteiger partial charge in [-0.1, -0.05) is 19.9 Å². The van der Waals surface area contributed by atoms with E-state index in [0.29, 0.717) is 17.0 Å². The largest absolute Gasteiger partial charge is 0.352 e. The number of anilines is 2. The third-order valence-corrected chi connectivity index (χ3v) is 3.22. The number of halogens is 1. The number of nitrogens with zero attached hydrogens (tertiary/aromatic N) is 2. The topological polar surface area (TPSA) is 62.2 Å². The van der Waals surface area contributed by atoms with Gasteiger partial charge in [0.15, 0.2) is 5.65 Å². The number of benzene rings is 1. The van der Waals surface area contributed by atoms with Crippen LogP contribution in [0.1, 0.15) is 25.5 Å². The third-order valence-electron chi connectivity index (χ3n) is 3.22. The summed E-state index contributed by atoms with van der Waals surface area (Å²) in [5, 5.41) is 5.78. The molecule has 1 aromatic carbocycles. The number of rotatable bonds is 3. The summed E-state index contributed by atoms with van der Waals surface area (Å²) in [6.07, 6.45) is 1.73. The van der Waals surface area contributed by atoms with Crippen LogP contribution in [0.4, 0.5) is 15.8 Å². The van der Waals surface area contributed by atoms with Crippen LogP contribution in [0.15, 0.2) is 41.3 Å². The van der Waals surface area contributed by atoms with Crippen LogP contribution >= 0.6 is 0 Å². The molecule has 0 fully saturated rings. The molecule has 3 aromatic rings. The molecule has 0 radical (unpaired) electrons. The van der Waals surface area contributed by atoms with Crippen molar-refractivity contribution in [2.24, 2.45) is 0 Å². The summed E-state index contributed by atoms with van der Waals surface area (Å²) in [5.74, 6) is -0.118. The molecule has 2 heterocycles. The molecule has 0 saturated heterocycles. The summed E-state index contributed by atoms with van der Waals surface area (Å²) in [7, 11) is 0. The van der Waals surface area contributed by atoms with Gasteiger partial charge in [0, 0.05) is 11.8 Å². The highest BCUT2D eigenvalue weighted by molar-refractivity contribution is 5.73. The smallest absolute Gasteiger partial charge is 0.265 e. The van der Waals surface area contributed by atoms with Crippen molar-refractivity contribution in [1.29, 1.82) is 0 Å². The van der Waals surface area contributed by atoms with E-state index in [1.807, 2.05) is 13.8 Å². The number of nitrogens with one attached hydrogen (secondary N) is 2. The van der Waals surface area contributed by atoms with Gasteiger partial charge in [0.2, 0.25) is 0 Å². The number of H-pyrrole nitrogens is 1. The first-order valence-corrected chi connectivity index (χ1v) is 6.68. The standard InChI is InChI=1S/C15H15FN4O/c1-9(2)13-8-17-15-12(7-14(21)19-20(13)15)18-11-5-3-4-10(16)6-11/h3-9,18H,1-2H3,(H,19,21). The van der Waals surface area contributed by atoms with Crippen molar-refractivity contribution in [1.82, 2.24) is 14.6 Å². The second-order valence-electron chi connectivity index (χ2n) is 5.17. The van der Waals surface area contributed by atoms with Crippen LogP contribution in [0, 0.1) is 5.82 Å². The molecule has 5 nitrogen and oxygen atoms in total. The Morgan fingerprint density at radius 1 is 1.33 bits per heavy atom. The lowest BCUT2D eigenvalue weighted by molar-refractivity contribution is 0.628. The normalized spacial score (nSPS) is 11.2. The first-order valence-electron chi connectivity index (χ1n) is 6.68. The van der Waals surface area contributed by atoms with E-state index in [1.54, 1.807) is 22.8 Å². The zero-order valence-corrected chi connectivity index (χ0v) is 11.7. The summed E-state index contributed by atoms with van der Waals surface area (Å²) < 4.78 is 14.9. The fourth-order valence-corrected chi connectivity index (χ4v) is 2.23. The van der Waals surface area contributed by atoms with Crippen molar-refractivity contribution in [2.45, 2.75) is 19.8 Å². The molecular weight excluding hydrogens is 271 g/mol. The van der Waals surface area contributed by atoms with E-state index in [0.717, 1.165) is 5.69 Å². The Morgan fingerprint density at radius 2 is 2.14 bits per heavy atom. The second-order valence-corrected chi connectivity index (χ2v) is 5.17. The minimum Gasteiger partial charge on any atom is -0.352 e. The number of aromatic nitrogens is 3. The van der Waals surface area contributed by atoms with Gasteiger partial charge < -0.3 is 5.32 Å². The predicted octanol–water partition coefficient (Wildman–Crippen LogP) is 3.03. The van der Waals surface area contributed by atoms with Crippen LogP contribution in [-0.4, -0.2) is 14.6 Å². The zero-order chi connectivity index (χ0) is 15.0. The maximum atomic E-state index is 13.2. The number of aromatic amines is 1. The molecule has 0 aliphatic carbocycles. The molecule has 0 atom stereocenters. The first kappa shape index (κ1) is 13.4. The van der Waals surface area contributed by atoms with Gasteiger partial charge in [-0.3, -0.25) is 9.89 Å². The molecule has 108 valence electrons. The summed E-state index contributed by atoms with van der Waals surface area (Å²) in [5.41, 5.74) is 2.36. The molecule has 2 N–H and O–H groups in total. The van der Waals surface area contributed by atoms with E-state index in [9.17, 15) is 9.18 Å². The average Bonchev–Trinajstić information content (AvgIpc) is 2.82. The monoisotopic (exact) mass is 286 g/mol. The minimum atomic E-state index is -0.341. The van der Waals surface area contributed by atoms with Crippen LogP contribution in [0.5, 0.6) is 0 Å². The number of hydrogen-bond acceptors (Lipinski definition) is 3. The van der Waals surface area contributed by atoms with Crippen molar-refractivity contribution >= 4 is 17.0 Å². The van der Waals surface area contributed by atoms with Crippen molar-refractivity contribution in [3.05, 3.63) is 58.4 Å². The van der Waals surface area contributed by atoms with Crippen LogP contribution in [0.3, 0.4) is 0 Å². The fourth-order valence-electron chi connectivity index (χ4n) is 2.23. The highest BCUT2D eigenvalue weighted by Crippen LogP contribution is 2.22. The van der Waals surface area contributed by atoms with E-state index < -0.39 is 0 Å². The van der Waals surface area contributed by atoms with E-state index in [2.05, 4.69) is 15.4 Å². The van der Waals surface area contributed by atoms with E-state index >= 15 is 0 Å². The molecular formula is C15H15FN4O. The van der Waals surface area contributed by atoms with Gasteiger partial charge >= 0.3 is 0 Å². The Balaban J connectivity index is 2.12. The van der Waals surface area contributed by atoms with Crippen LogP contribution in [0.2, 0.25) is 0 Å². The molecule has 0 bridgehead atoms. The average molecular weight is 286 g/mol. The van der Waals surface area contributed by atoms with Gasteiger partial charge in [-0.25, -0.2) is 13.9 Å². The van der Waals surface area contributed by atoms with Gasteiger partial charge in [-0.2, -0.15) is 0 Å². The van der Waals surface area contributed by atoms with Crippen LogP contribution in [0.25, 0.3) is 5.65 Å². The highest BCUT2D eigenvalue weighted by Gasteiger charge is 2.12. The van der Waals surface area contributed by atoms with Crippen molar-refractivity contribution in [3.8, 4) is 0 Å². The molecule has 0 amide bonds. The SMILES string of the molecule is CC(C)c1cnc2c(Nc3cccc(F)c3)cc(=O)[nH]n12. The maximum Gasteiger partial charge on any atom is 0.265 e. The van der Waals surface area contributed by atoms with Crippen molar-refractivity contribution in [3.63, 3.8) is 0 Å². The summed E-state index contributed by atoms with van der Waals surface area (Å²) in [6.45, 7) is 4.04. The predicted molar refractivity (Wildman–Crippen MR) is 79.6 cm³/mol. The summed E-state index contributed by atoms with van der Waals surface area (Å²) in [6, 6.07) is 7.48. The van der Waals surface area contributed by atoms with Gasteiger partial charge in [0.1, 0.15) is 5.82 Å². The molecule has 0 unspecified atom stereocenters. The molecule has 6 heteroatoms. The number of imidazole rings is 1. The Morgan fingerprint density at radius 3 is 2.86 bits per heavy atom. The lowest BCUT2D eigenvalue weighted by Crippen LogP contribution is -2.14. The lowest BCUT2D eigenvalue weighted by Gasteiger charge is -2.09. The third kappa shape index (κ3) is 2.52. The Hall–Kier alpha value is -2.63. The molecule has 3 rings (SSSR count). The minimum absolute atomic E-state index is 0.222. The molecule has 2 aromatic heterocycles. The van der Waals surface area contributed by atoms with Gasteiger partial charge in [-0.15, -0.1) is 0 Å². The van der Waals surface area contributed by atoms with Gasteiger partial charge in [0.05, 0.1) is 17.6 Å². The Bertz CT molecular complexity index is 850. The van der Waals surface area contributed by atoms with Gasteiger partial charge in [-0.05, 0) is 24.1 Å². The Labute approximate surface area is 120 Å². The lowest BCUT2D eigenvalue weighted by atomic mass is 10.2. The highest BCUT2D eigenvalue weighted by atomic mass is 19.1. The van der Waals surface area contributed by atoms with E-state index in [1.165, 1.54) is 18.2 Å². The quantitative estimate of drug-likeness (QED) is 0.778. The van der Waals surface area contributed by atoms with Crippen molar-refractivity contribution in [2.75, 3.05) is 5.32 Å². The number of hydrogen-bond donors (Lipinski definition) is 2. The van der Waals surface area contributed by atoms with Crippen molar-refractivity contribution < 1.29 is 4.39 Å². The van der Waals surface area contributed by atoms with E-state index in [-0.39, 0.29) is 17.3 Å². The molecule has 0 aliphatic rings. The molecule has 0 aliphatic heterocycles. The fraction of sp³-hybridized carbons (Fsp3) is 0.200. The van der Waals surface area contributed by atoms with Crippen LogP contribution in [-0.2, 0) is 0 Å². The Kier molecular flexibility index (Phi) is 3.21. The molecule has 0 saturated carbocycles.